The van der Waals surface area contributed by atoms with Crippen molar-refractivity contribution in [1.29, 1.82) is 0 Å². The highest BCUT2D eigenvalue weighted by Crippen LogP contribution is 2.38. The second-order valence-corrected chi connectivity index (χ2v) is 9.40. The highest BCUT2D eigenvalue weighted by Gasteiger charge is 2.35. The van der Waals surface area contributed by atoms with Gasteiger partial charge in [0.05, 0.1) is 23.0 Å². The molecule has 5 rings (SSSR count). The maximum Gasteiger partial charge on any atom is 0.313 e. The number of rotatable bonds is 6. The van der Waals surface area contributed by atoms with Gasteiger partial charge >= 0.3 is 5.97 Å². The summed E-state index contributed by atoms with van der Waals surface area (Å²) in [6.45, 7) is 4.37. The molecule has 35 heavy (non-hydrogen) atoms. The van der Waals surface area contributed by atoms with E-state index in [0.29, 0.717) is 30.1 Å². The number of nitrogen functional groups attached to an aromatic ring is 1. The first-order chi connectivity index (χ1) is 16.8. The molecule has 10 nitrogen and oxygen atoms in total. The Morgan fingerprint density at radius 2 is 1.94 bits per heavy atom. The molecule has 3 aromatic heterocycles. The smallest absolute Gasteiger partial charge is 0.313 e. The zero-order chi connectivity index (χ0) is 24.7. The molecule has 0 spiro atoms. The van der Waals surface area contributed by atoms with Gasteiger partial charge in [-0.15, -0.1) is 0 Å². The third-order valence-corrected chi connectivity index (χ3v) is 6.53. The molecule has 1 unspecified atom stereocenters. The third kappa shape index (κ3) is 4.15. The lowest BCUT2D eigenvalue weighted by molar-refractivity contribution is -0.144. The van der Waals surface area contributed by atoms with Gasteiger partial charge in [-0.2, -0.15) is 10.2 Å². The molecule has 0 radical (unpaired) electrons. The Morgan fingerprint density at radius 3 is 2.66 bits per heavy atom. The summed E-state index contributed by atoms with van der Waals surface area (Å²) >= 11 is 0. The molecule has 1 atom stereocenters. The number of fused-ring (bicyclic) bond motifs is 1. The van der Waals surface area contributed by atoms with Crippen molar-refractivity contribution in [3.8, 4) is 22.5 Å². The number of carbonyl (C=O) groups is 1. The number of aromatic nitrogens is 5. The van der Waals surface area contributed by atoms with E-state index in [-0.39, 0.29) is 6.04 Å². The van der Waals surface area contributed by atoms with Gasteiger partial charge in [0, 0.05) is 30.5 Å². The maximum atomic E-state index is 12.0. The van der Waals surface area contributed by atoms with E-state index in [2.05, 4.69) is 15.2 Å². The molecule has 1 saturated heterocycles. The summed E-state index contributed by atoms with van der Waals surface area (Å²) < 4.78 is 9.25. The van der Waals surface area contributed by atoms with Crippen LogP contribution in [0.2, 0.25) is 0 Å². The normalized spacial score (nSPS) is 16.0. The van der Waals surface area contributed by atoms with Crippen molar-refractivity contribution in [2.24, 2.45) is 0 Å². The molecule has 0 amide bonds. The van der Waals surface area contributed by atoms with Gasteiger partial charge in [0.15, 0.2) is 5.82 Å². The fraction of sp³-hybridized carbons (Fsp3) is 0.360. The first-order valence-electron chi connectivity index (χ1n) is 11.5. The minimum Gasteiger partial charge on any atom is -0.481 e. The second-order valence-electron chi connectivity index (χ2n) is 9.40. The highest BCUT2D eigenvalue weighted by molar-refractivity contribution is 5.91. The SMILES string of the molecule is CC(C)(O)C(C(=O)O)c1cccc(-c2cc(-c3ccnn3C3CCOCC3)c3c(N)ncnn23)c1. The number of nitrogens with two attached hydrogens (primary N) is 1. The van der Waals surface area contributed by atoms with E-state index in [1.54, 1.807) is 28.9 Å². The molecule has 1 aromatic carbocycles. The van der Waals surface area contributed by atoms with E-state index in [1.165, 1.54) is 20.2 Å². The Balaban J connectivity index is 1.67. The number of anilines is 1. The number of ether oxygens (including phenoxy) is 1. The van der Waals surface area contributed by atoms with Gasteiger partial charge in [-0.05, 0) is 50.5 Å². The van der Waals surface area contributed by atoms with Crippen LogP contribution in [0.15, 0.2) is 48.9 Å². The third-order valence-electron chi connectivity index (χ3n) is 6.53. The van der Waals surface area contributed by atoms with Crippen molar-refractivity contribution in [2.45, 2.75) is 44.2 Å². The Bertz CT molecular complexity index is 1380. The van der Waals surface area contributed by atoms with E-state index >= 15 is 0 Å². The fourth-order valence-corrected chi connectivity index (χ4v) is 4.95. The van der Waals surface area contributed by atoms with Crippen molar-refractivity contribution in [2.75, 3.05) is 18.9 Å². The fourth-order valence-electron chi connectivity index (χ4n) is 4.95. The summed E-state index contributed by atoms with van der Waals surface area (Å²) in [6, 6.07) is 11.3. The topological polar surface area (TPSA) is 141 Å². The molecule has 4 N–H and O–H groups in total. The van der Waals surface area contributed by atoms with Crippen LogP contribution in [-0.4, -0.2) is 59.4 Å². The van der Waals surface area contributed by atoms with Gasteiger partial charge in [-0.3, -0.25) is 9.48 Å². The minimum atomic E-state index is -1.44. The van der Waals surface area contributed by atoms with Crippen molar-refractivity contribution >= 4 is 17.3 Å². The molecular formula is C25H28N6O4. The van der Waals surface area contributed by atoms with Gasteiger partial charge < -0.3 is 20.7 Å². The van der Waals surface area contributed by atoms with E-state index < -0.39 is 17.5 Å². The minimum absolute atomic E-state index is 0.212. The van der Waals surface area contributed by atoms with Crippen LogP contribution < -0.4 is 5.73 Å². The molecule has 0 bridgehead atoms. The molecule has 0 aliphatic carbocycles. The van der Waals surface area contributed by atoms with Crippen molar-refractivity contribution in [3.63, 3.8) is 0 Å². The van der Waals surface area contributed by atoms with Gasteiger partial charge in [-0.25, -0.2) is 9.50 Å². The van der Waals surface area contributed by atoms with Crippen LogP contribution in [0.5, 0.6) is 0 Å². The summed E-state index contributed by atoms with van der Waals surface area (Å²) in [5, 5.41) is 29.4. The molecule has 0 saturated carbocycles. The largest absolute Gasteiger partial charge is 0.481 e. The van der Waals surface area contributed by atoms with E-state index in [9.17, 15) is 15.0 Å². The van der Waals surface area contributed by atoms with Crippen molar-refractivity contribution in [3.05, 3.63) is 54.5 Å². The molecule has 1 aliphatic rings. The summed E-state index contributed by atoms with van der Waals surface area (Å²) in [6.07, 6.45) is 4.91. The quantitative estimate of drug-likeness (QED) is 0.385. The molecule has 1 fully saturated rings. The molecule has 4 aromatic rings. The Hall–Kier alpha value is -3.76. The van der Waals surface area contributed by atoms with Crippen molar-refractivity contribution < 1.29 is 19.7 Å². The lowest BCUT2D eigenvalue weighted by Crippen LogP contribution is -2.34. The summed E-state index contributed by atoms with van der Waals surface area (Å²) in [4.78, 5) is 16.2. The number of benzene rings is 1. The number of carboxylic acid groups (broad SMARTS) is 1. The second kappa shape index (κ2) is 8.79. The van der Waals surface area contributed by atoms with E-state index in [1.807, 2.05) is 22.9 Å². The van der Waals surface area contributed by atoms with Gasteiger partial charge in [-0.1, -0.05) is 18.2 Å². The van der Waals surface area contributed by atoms with Crippen molar-refractivity contribution in [1.82, 2.24) is 24.4 Å². The lowest BCUT2D eigenvalue weighted by atomic mass is 9.84. The average molecular weight is 477 g/mol. The molecular weight excluding hydrogens is 448 g/mol. The van der Waals surface area contributed by atoms with Crippen LogP contribution in [0, 0.1) is 0 Å². The summed E-state index contributed by atoms with van der Waals surface area (Å²) in [5.41, 5.74) is 9.24. The molecule has 182 valence electrons. The van der Waals surface area contributed by atoms with Gasteiger partial charge in [0.2, 0.25) is 0 Å². The zero-order valence-electron chi connectivity index (χ0n) is 19.6. The number of hydrogen-bond donors (Lipinski definition) is 3. The predicted molar refractivity (Wildman–Crippen MR) is 130 cm³/mol. The number of aliphatic carboxylic acids is 1. The van der Waals surface area contributed by atoms with Gasteiger partial charge in [0.25, 0.3) is 0 Å². The molecule has 1 aliphatic heterocycles. The Morgan fingerprint density at radius 1 is 1.17 bits per heavy atom. The monoisotopic (exact) mass is 476 g/mol. The molecule has 10 heteroatoms. The Labute approximate surface area is 202 Å². The van der Waals surface area contributed by atoms with Crippen LogP contribution in [0.1, 0.15) is 44.2 Å². The van der Waals surface area contributed by atoms with Crippen LogP contribution in [-0.2, 0) is 9.53 Å². The lowest BCUT2D eigenvalue weighted by Gasteiger charge is -2.26. The van der Waals surface area contributed by atoms with Crippen LogP contribution in [0.3, 0.4) is 0 Å². The zero-order valence-corrected chi connectivity index (χ0v) is 19.6. The standard InChI is InChI=1S/C25H28N6O4/c1-25(2,34)21(24(32)33)16-5-3-4-15(12-16)20-13-18(22-23(26)27-14-29-31(20)22)19-6-9-28-30(19)17-7-10-35-11-8-17/h3-6,9,12-14,17,21,34H,7-8,10-11H2,1-2H3,(H,32,33)(H2,26,27,29). The number of aliphatic hydroxyl groups is 1. The average Bonchev–Trinajstić information content (AvgIpc) is 3.44. The van der Waals surface area contributed by atoms with E-state index in [0.717, 1.165) is 35.4 Å². The van der Waals surface area contributed by atoms with Gasteiger partial charge in [0.1, 0.15) is 17.8 Å². The Kier molecular flexibility index (Phi) is 5.78. The van der Waals surface area contributed by atoms with Crippen LogP contribution in [0.25, 0.3) is 28.0 Å². The van der Waals surface area contributed by atoms with E-state index in [4.69, 9.17) is 10.5 Å². The first-order valence-corrected chi connectivity index (χ1v) is 11.5. The predicted octanol–water partition coefficient (Wildman–Crippen LogP) is 3.13. The number of hydrogen-bond acceptors (Lipinski definition) is 7. The number of carboxylic acids is 1. The van der Waals surface area contributed by atoms with Crippen LogP contribution >= 0.6 is 0 Å². The number of nitrogens with zero attached hydrogens (tertiary/aromatic N) is 5. The summed E-state index contributed by atoms with van der Waals surface area (Å²) in [7, 11) is 0. The van der Waals surface area contributed by atoms with Crippen LogP contribution in [0.4, 0.5) is 5.82 Å². The first kappa shape index (κ1) is 23.0. The summed E-state index contributed by atoms with van der Waals surface area (Å²) in [5.74, 6) is -1.86. The highest BCUT2D eigenvalue weighted by atomic mass is 16.5. The maximum absolute atomic E-state index is 12.0. The molecule has 4 heterocycles.